The van der Waals surface area contributed by atoms with E-state index in [1.165, 1.54) is 6.07 Å². The minimum atomic E-state index is -1.25. The molecule has 0 saturated carbocycles. The zero-order chi connectivity index (χ0) is 13.1. The number of carbonyl (C=O) groups excluding carboxylic acids is 1. The van der Waals surface area contributed by atoms with Gasteiger partial charge in [-0.05, 0) is 18.2 Å². The molecule has 8 heteroatoms. The molecule has 1 amide bonds. The third-order valence-corrected chi connectivity index (χ3v) is 2.09. The van der Waals surface area contributed by atoms with Gasteiger partial charge in [-0.25, -0.2) is 14.2 Å². The van der Waals surface area contributed by atoms with Gasteiger partial charge in [0.15, 0.2) is 0 Å². The number of amides is 1. The minimum Gasteiger partial charge on any atom is -0.478 e. The summed E-state index contributed by atoms with van der Waals surface area (Å²) < 4.78 is 13.5. The SMILES string of the molecule is O=C(O)c1ccc(NC(=O)c2ncn[nH]2)c(F)c1. The first-order chi connectivity index (χ1) is 8.58. The van der Waals surface area contributed by atoms with Gasteiger partial charge < -0.3 is 10.4 Å². The Morgan fingerprint density at radius 3 is 2.72 bits per heavy atom. The molecule has 3 N–H and O–H groups in total. The van der Waals surface area contributed by atoms with Crippen LogP contribution in [-0.4, -0.2) is 32.2 Å². The van der Waals surface area contributed by atoms with Crippen molar-refractivity contribution in [2.75, 3.05) is 5.32 Å². The van der Waals surface area contributed by atoms with Crippen molar-refractivity contribution in [2.45, 2.75) is 0 Å². The van der Waals surface area contributed by atoms with Crippen molar-refractivity contribution >= 4 is 17.6 Å². The Labute approximate surface area is 99.7 Å². The molecule has 1 aromatic heterocycles. The summed E-state index contributed by atoms with van der Waals surface area (Å²) in [5.74, 6) is -2.84. The summed E-state index contributed by atoms with van der Waals surface area (Å²) in [5.41, 5.74) is -0.341. The smallest absolute Gasteiger partial charge is 0.335 e. The van der Waals surface area contributed by atoms with Crippen molar-refractivity contribution in [3.63, 3.8) is 0 Å². The lowest BCUT2D eigenvalue weighted by Gasteiger charge is -2.05. The van der Waals surface area contributed by atoms with Crippen molar-refractivity contribution in [1.82, 2.24) is 15.2 Å². The number of anilines is 1. The predicted octanol–water partition coefficient (Wildman–Crippen LogP) is 0.894. The van der Waals surface area contributed by atoms with E-state index < -0.39 is 17.7 Å². The van der Waals surface area contributed by atoms with Crippen LogP contribution < -0.4 is 5.32 Å². The number of halogens is 1. The van der Waals surface area contributed by atoms with E-state index in [0.29, 0.717) is 0 Å². The lowest BCUT2D eigenvalue weighted by molar-refractivity contribution is 0.0696. The summed E-state index contributed by atoms with van der Waals surface area (Å²) in [6, 6.07) is 3.16. The number of H-pyrrole nitrogens is 1. The van der Waals surface area contributed by atoms with Gasteiger partial charge in [0.2, 0.25) is 5.82 Å². The van der Waals surface area contributed by atoms with Crippen molar-refractivity contribution in [3.05, 3.63) is 41.7 Å². The molecule has 0 saturated heterocycles. The molecule has 0 bridgehead atoms. The maximum Gasteiger partial charge on any atom is 0.335 e. The summed E-state index contributed by atoms with van der Waals surface area (Å²) in [4.78, 5) is 25.7. The van der Waals surface area contributed by atoms with E-state index in [9.17, 15) is 14.0 Å². The van der Waals surface area contributed by atoms with Gasteiger partial charge in [-0.2, -0.15) is 5.10 Å². The number of benzene rings is 1. The number of hydrogen-bond acceptors (Lipinski definition) is 4. The topological polar surface area (TPSA) is 108 Å². The van der Waals surface area contributed by atoms with Crippen molar-refractivity contribution in [1.29, 1.82) is 0 Å². The average molecular weight is 250 g/mol. The fourth-order valence-electron chi connectivity index (χ4n) is 1.25. The Morgan fingerprint density at radius 2 is 2.17 bits per heavy atom. The van der Waals surface area contributed by atoms with Crippen molar-refractivity contribution < 1.29 is 19.1 Å². The Hall–Kier alpha value is -2.77. The highest BCUT2D eigenvalue weighted by molar-refractivity contribution is 6.01. The molecule has 0 aliphatic rings. The number of nitrogens with zero attached hydrogens (tertiary/aromatic N) is 2. The summed E-state index contributed by atoms with van der Waals surface area (Å²) in [5, 5.41) is 16.7. The quantitative estimate of drug-likeness (QED) is 0.749. The maximum atomic E-state index is 13.5. The van der Waals surface area contributed by atoms with Crippen molar-refractivity contribution in [2.24, 2.45) is 0 Å². The van der Waals surface area contributed by atoms with Gasteiger partial charge in [-0.3, -0.25) is 9.89 Å². The van der Waals surface area contributed by atoms with E-state index in [2.05, 4.69) is 20.5 Å². The average Bonchev–Trinajstić information content (AvgIpc) is 2.85. The molecule has 0 radical (unpaired) electrons. The number of hydrogen-bond donors (Lipinski definition) is 3. The standard InChI is InChI=1S/C10H7FN4O3/c11-6-3-5(10(17)18)1-2-7(6)14-9(16)8-12-4-13-15-8/h1-4H,(H,14,16)(H,17,18)(H,12,13,15). The Balaban J connectivity index is 2.20. The van der Waals surface area contributed by atoms with Crippen LogP contribution in [0.5, 0.6) is 0 Å². The minimum absolute atomic E-state index is 0.0725. The normalized spacial score (nSPS) is 10.1. The fraction of sp³-hybridized carbons (Fsp3) is 0. The number of aromatic carboxylic acids is 1. The van der Waals surface area contributed by atoms with E-state index in [4.69, 9.17) is 5.11 Å². The second-order valence-electron chi connectivity index (χ2n) is 3.29. The number of carbonyl (C=O) groups is 2. The molecule has 2 aromatic rings. The molecule has 0 unspecified atom stereocenters. The highest BCUT2D eigenvalue weighted by Gasteiger charge is 2.13. The molecule has 0 fully saturated rings. The van der Waals surface area contributed by atoms with E-state index >= 15 is 0 Å². The van der Waals surface area contributed by atoms with Crippen LogP contribution in [0.1, 0.15) is 21.0 Å². The van der Waals surface area contributed by atoms with Gasteiger partial charge in [0.1, 0.15) is 12.1 Å². The third kappa shape index (κ3) is 2.32. The molecule has 0 aliphatic carbocycles. The van der Waals surface area contributed by atoms with E-state index in [1.54, 1.807) is 0 Å². The molecule has 0 atom stereocenters. The van der Waals surface area contributed by atoms with Crippen LogP contribution in [0.15, 0.2) is 24.5 Å². The molecule has 2 rings (SSSR count). The summed E-state index contributed by atoms with van der Waals surface area (Å²) >= 11 is 0. The first-order valence-corrected chi connectivity index (χ1v) is 4.77. The number of nitrogens with one attached hydrogen (secondary N) is 2. The first-order valence-electron chi connectivity index (χ1n) is 4.77. The van der Waals surface area contributed by atoms with Crippen LogP contribution >= 0.6 is 0 Å². The highest BCUT2D eigenvalue weighted by Crippen LogP contribution is 2.16. The Kier molecular flexibility index (Phi) is 3.00. The fourth-order valence-corrected chi connectivity index (χ4v) is 1.25. The predicted molar refractivity (Wildman–Crippen MR) is 57.7 cm³/mol. The molecule has 1 aromatic carbocycles. The number of carboxylic acid groups (broad SMARTS) is 1. The van der Waals surface area contributed by atoms with E-state index in [1.807, 2.05) is 0 Å². The number of rotatable bonds is 3. The molecule has 1 heterocycles. The lowest BCUT2D eigenvalue weighted by Crippen LogP contribution is -2.15. The summed E-state index contributed by atoms with van der Waals surface area (Å²) in [6.07, 6.45) is 1.14. The second-order valence-corrected chi connectivity index (χ2v) is 3.29. The summed E-state index contributed by atoms with van der Waals surface area (Å²) in [7, 11) is 0. The van der Waals surface area contributed by atoms with Gasteiger partial charge >= 0.3 is 5.97 Å². The third-order valence-electron chi connectivity index (χ3n) is 2.09. The maximum absolute atomic E-state index is 13.5. The van der Waals surface area contributed by atoms with Crippen molar-refractivity contribution in [3.8, 4) is 0 Å². The van der Waals surface area contributed by atoms with E-state index in [-0.39, 0.29) is 17.1 Å². The number of aromatic amines is 1. The second kappa shape index (κ2) is 4.62. The van der Waals surface area contributed by atoms with Crippen LogP contribution in [0.3, 0.4) is 0 Å². The molecule has 18 heavy (non-hydrogen) atoms. The largest absolute Gasteiger partial charge is 0.478 e. The first kappa shape index (κ1) is 11.7. The van der Waals surface area contributed by atoms with Crippen LogP contribution in [0.2, 0.25) is 0 Å². The zero-order valence-electron chi connectivity index (χ0n) is 8.85. The van der Waals surface area contributed by atoms with Crippen LogP contribution in [0, 0.1) is 5.82 Å². The van der Waals surface area contributed by atoms with Gasteiger partial charge in [0.05, 0.1) is 11.3 Å². The van der Waals surface area contributed by atoms with Crippen LogP contribution in [0.4, 0.5) is 10.1 Å². The Bertz CT molecular complexity index is 597. The van der Waals surface area contributed by atoms with Gasteiger partial charge in [-0.15, -0.1) is 0 Å². The summed E-state index contributed by atoms with van der Waals surface area (Å²) in [6.45, 7) is 0. The van der Waals surface area contributed by atoms with Gasteiger partial charge in [0.25, 0.3) is 5.91 Å². The molecular weight excluding hydrogens is 243 g/mol. The van der Waals surface area contributed by atoms with Gasteiger partial charge in [0, 0.05) is 0 Å². The van der Waals surface area contributed by atoms with Crippen LogP contribution in [0.25, 0.3) is 0 Å². The number of aromatic nitrogens is 3. The lowest BCUT2D eigenvalue weighted by atomic mass is 10.2. The molecule has 92 valence electrons. The number of carboxylic acids is 1. The van der Waals surface area contributed by atoms with E-state index in [0.717, 1.165) is 18.5 Å². The Morgan fingerprint density at radius 1 is 1.39 bits per heavy atom. The zero-order valence-corrected chi connectivity index (χ0v) is 8.85. The van der Waals surface area contributed by atoms with Gasteiger partial charge in [-0.1, -0.05) is 0 Å². The molecule has 0 spiro atoms. The molecule has 0 aliphatic heterocycles. The van der Waals surface area contributed by atoms with Crippen LogP contribution in [-0.2, 0) is 0 Å². The monoisotopic (exact) mass is 250 g/mol. The highest BCUT2D eigenvalue weighted by atomic mass is 19.1. The molecule has 7 nitrogen and oxygen atoms in total. The molecular formula is C10H7FN4O3.